The number of carbonyl (C=O) groups is 3. The molecular weight excluding hydrogens is 238 g/mol. The number of cyclic esters (lactones) is 1. The number of amides is 1. The van der Waals surface area contributed by atoms with Gasteiger partial charge in [0.1, 0.15) is 6.04 Å². The molecule has 1 aliphatic heterocycles. The lowest BCUT2D eigenvalue weighted by Crippen LogP contribution is -2.45. The second-order valence-electron chi connectivity index (χ2n) is 4.85. The van der Waals surface area contributed by atoms with Crippen LogP contribution in [0, 0.1) is 11.8 Å². The van der Waals surface area contributed by atoms with Gasteiger partial charge in [0, 0.05) is 6.42 Å². The van der Waals surface area contributed by atoms with Gasteiger partial charge in [0.25, 0.3) is 0 Å². The molecule has 0 aromatic heterocycles. The lowest BCUT2D eigenvalue weighted by Gasteiger charge is -2.28. The summed E-state index contributed by atoms with van der Waals surface area (Å²) < 4.78 is 4.76. The van der Waals surface area contributed by atoms with Crippen molar-refractivity contribution in [3.05, 3.63) is 0 Å². The van der Waals surface area contributed by atoms with Crippen LogP contribution in [0.4, 0.5) is 0 Å². The van der Waals surface area contributed by atoms with Gasteiger partial charge in [0.15, 0.2) is 0 Å². The normalized spacial score (nSPS) is 31.8. The molecule has 3 atom stereocenters. The Morgan fingerprint density at radius 2 is 1.83 bits per heavy atom. The van der Waals surface area contributed by atoms with Gasteiger partial charge in [-0.25, -0.2) is 4.79 Å². The summed E-state index contributed by atoms with van der Waals surface area (Å²) >= 11 is 0. The number of nitrogens with one attached hydrogen (secondary N) is 1. The fraction of sp³-hybridized carbons (Fsp3) is 0.750. The third-order valence-electron chi connectivity index (χ3n) is 3.67. The van der Waals surface area contributed by atoms with Crippen molar-refractivity contribution in [2.75, 3.05) is 6.61 Å². The molecule has 2 fully saturated rings. The Morgan fingerprint density at radius 1 is 1.17 bits per heavy atom. The van der Waals surface area contributed by atoms with E-state index >= 15 is 0 Å². The molecule has 1 aliphatic carbocycles. The summed E-state index contributed by atoms with van der Waals surface area (Å²) in [5.41, 5.74) is 0. The molecule has 100 valence electrons. The number of aliphatic carboxylic acids is 1. The Morgan fingerprint density at radius 3 is 2.39 bits per heavy atom. The molecule has 6 heteroatoms. The van der Waals surface area contributed by atoms with Crippen molar-refractivity contribution in [2.45, 2.75) is 38.1 Å². The molecule has 0 bridgehead atoms. The second-order valence-corrected chi connectivity index (χ2v) is 4.85. The van der Waals surface area contributed by atoms with Crippen LogP contribution in [0.25, 0.3) is 0 Å². The predicted octanol–water partition coefficient (Wildman–Crippen LogP) is 0.309. The average molecular weight is 255 g/mol. The molecule has 1 heterocycles. The molecule has 2 N–H and O–H groups in total. The highest BCUT2D eigenvalue weighted by atomic mass is 16.5. The zero-order valence-corrected chi connectivity index (χ0v) is 10.1. The summed E-state index contributed by atoms with van der Waals surface area (Å²) in [6.45, 7) is 0.316. The van der Waals surface area contributed by atoms with Crippen LogP contribution < -0.4 is 5.32 Å². The highest BCUT2D eigenvalue weighted by Crippen LogP contribution is 2.30. The Balaban J connectivity index is 1.97. The van der Waals surface area contributed by atoms with Crippen LogP contribution in [-0.4, -0.2) is 35.6 Å². The van der Waals surface area contributed by atoms with Gasteiger partial charge < -0.3 is 15.2 Å². The highest BCUT2D eigenvalue weighted by molar-refractivity contribution is 5.89. The van der Waals surface area contributed by atoms with E-state index in [1.807, 2.05) is 0 Å². The molecule has 2 aliphatic rings. The van der Waals surface area contributed by atoms with Crippen molar-refractivity contribution in [1.82, 2.24) is 5.32 Å². The molecular formula is C12H17NO5. The van der Waals surface area contributed by atoms with E-state index in [0.717, 1.165) is 12.8 Å². The SMILES string of the molecule is O=C1OCCC1NC(=O)C1CCCCC1C(=O)O. The number of hydrogen-bond acceptors (Lipinski definition) is 4. The molecule has 0 aromatic carbocycles. The van der Waals surface area contributed by atoms with Gasteiger partial charge in [0.05, 0.1) is 18.4 Å². The minimum Gasteiger partial charge on any atom is -0.481 e. The number of hydrogen-bond donors (Lipinski definition) is 2. The van der Waals surface area contributed by atoms with E-state index in [0.29, 0.717) is 25.9 Å². The number of carbonyl (C=O) groups excluding carboxylic acids is 2. The van der Waals surface area contributed by atoms with Crippen molar-refractivity contribution in [3.63, 3.8) is 0 Å². The summed E-state index contributed by atoms with van der Waals surface area (Å²) in [6, 6.07) is -0.603. The van der Waals surface area contributed by atoms with Gasteiger partial charge in [-0.05, 0) is 12.8 Å². The maximum absolute atomic E-state index is 12.0. The molecule has 18 heavy (non-hydrogen) atoms. The Kier molecular flexibility index (Phi) is 3.84. The lowest BCUT2D eigenvalue weighted by atomic mass is 9.78. The number of carboxylic acids is 1. The first-order chi connectivity index (χ1) is 8.59. The largest absolute Gasteiger partial charge is 0.481 e. The number of carboxylic acid groups (broad SMARTS) is 1. The zero-order valence-electron chi connectivity index (χ0n) is 10.1. The molecule has 0 spiro atoms. The summed E-state index contributed by atoms with van der Waals surface area (Å²) in [6.07, 6.45) is 3.27. The van der Waals surface area contributed by atoms with Crippen LogP contribution in [-0.2, 0) is 19.1 Å². The smallest absolute Gasteiger partial charge is 0.328 e. The van der Waals surface area contributed by atoms with Gasteiger partial charge >= 0.3 is 11.9 Å². The molecule has 1 saturated heterocycles. The molecule has 1 amide bonds. The quantitative estimate of drug-likeness (QED) is 0.708. The molecule has 1 saturated carbocycles. The zero-order chi connectivity index (χ0) is 13.1. The standard InChI is InChI=1S/C12H17NO5/c14-10(13-9-5-6-18-12(9)17)7-3-1-2-4-8(7)11(15)16/h7-9H,1-6H2,(H,13,14)(H,15,16). The molecule has 2 rings (SSSR count). The highest BCUT2D eigenvalue weighted by Gasteiger charge is 2.38. The van der Waals surface area contributed by atoms with E-state index in [4.69, 9.17) is 9.84 Å². The first-order valence-corrected chi connectivity index (χ1v) is 6.29. The van der Waals surface area contributed by atoms with Crippen LogP contribution in [0.5, 0.6) is 0 Å². The Bertz CT molecular complexity index is 367. The van der Waals surface area contributed by atoms with E-state index in [1.165, 1.54) is 0 Å². The topological polar surface area (TPSA) is 92.7 Å². The minimum absolute atomic E-state index is 0.316. The van der Waals surface area contributed by atoms with Crippen LogP contribution in [0.1, 0.15) is 32.1 Å². The Labute approximate surface area is 105 Å². The summed E-state index contributed by atoms with van der Waals surface area (Å²) in [4.78, 5) is 34.4. The van der Waals surface area contributed by atoms with Crippen LogP contribution in [0.2, 0.25) is 0 Å². The van der Waals surface area contributed by atoms with E-state index in [9.17, 15) is 14.4 Å². The maximum Gasteiger partial charge on any atom is 0.328 e. The maximum atomic E-state index is 12.0. The third kappa shape index (κ3) is 2.63. The van der Waals surface area contributed by atoms with E-state index in [-0.39, 0.29) is 5.91 Å². The first-order valence-electron chi connectivity index (χ1n) is 6.29. The third-order valence-corrected chi connectivity index (χ3v) is 3.67. The van der Waals surface area contributed by atoms with Crippen LogP contribution >= 0.6 is 0 Å². The van der Waals surface area contributed by atoms with E-state index in [2.05, 4.69) is 5.32 Å². The molecule has 6 nitrogen and oxygen atoms in total. The summed E-state index contributed by atoms with van der Waals surface area (Å²) in [7, 11) is 0. The molecule has 0 aromatic rings. The van der Waals surface area contributed by atoms with Crippen molar-refractivity contribution in [3.8, 4) is 0 Å². The minimum atomic E-state index is -0.927. The van der Waals surface area contributed by atoms with Gasteiger partial charge in [-0.15, -0.1) is 0 Å². The average Bonchev–Trinajstić information content (AvgIpc) is 2.75. The van der Waals surface area contributed by atoms with Gasteiger partial charge in [-0.1, -0.05) is 12.8 Å². The fourth-order valence-corrected chi connectivity index (χ4v) is 2.65. The molecule has 3 unspecified atom stereocenters. The summed E-state index contributed by atoms with van der Waals surface area (Å²) in [5, 5.41) is 11.7. The van der Waals surface area contributed by atoms with Crippen molar-refractivity contribution < 1.29 is 24.2 Å². The molecule has 0 radical (unpaired) electrons. The second kappa shape index (κ2) is 5.37. The number of rotatable bonds is 3. The van der Waals surface area contributed by atoms with Crippen LogP contribution in [0.3, 0.4) is 0 Å². The Hall–Kier alpha value is -1.59. The van der Waals surface area contributed by atoms with Crippen molar-refractivity contribution in [2.24, 2.45) is 11.8 Å². The lowest BCUT2D eigenvalue weighted by molar-refractivity contribution is -0.149. The van der Waals surface area contributed by atoms with Crippen LogP contribution in [0.15, 0.2) is 0 Å². The first kappa shape index (κ1) is 12.9. The van der Waals surface area contributed by atoms with E-state index in [1.54, 1.807) is 0 Å². The number of ether oxygens (including phenoxy) is 1. The van der Waals surface area contributed by atoms with Gasteiger partial charge in [-0.2, -0.15) is 0 Å². The van der Waals surface area contributed by atoms with Crippen molar-refractivity contribution in [1.29, 1.82) is 0 Å². The summed E-state index contributed by atoms with van der Waals surface area (Å²) in [5.74, 6) is -2.83. The predicted molar refractivity (Wildman–Crippen MR) is 60.6 cm³/mol. The van der Waals surface area contributed by atoms with Gasteiger partial charge in [0.2, 0.25) is 5.91 Å². The monoisotopic (exact) mass is 255 g/mol. The van der Waals surface area contributed by atoms with Crippen molar-refractivity contribution >= 4 is 17.8 Å². The fourth-order valence-electron chi connectivity index (χ4n) is 2.65. The number of esters is 1. The van der Waals surface area contributed by atoms with E-state index < -0.39 is 29.8 Å². The van der Waals surface area contributed by atoms with Gasteiger partial charge in [-0.3, -0.25) is 9.59 Å².